The average molecular weight is 518 g/mol. The molecule has 1 aromatic heterocycles. The molecule has 0 aliphatic heterocycles. The van der Waals surface area contributed by atoms with Gasteiger partial charge in [0.15, 0.2) is 0 Å². The van der Waals surface area contributed by atoms with Crippen LogP contribution in [0.2, 0.25) is 10.0 Å². The van der Waals surface area contributed by atoms with Crippen LogP contribution in [0.4, 0.5) is 0 Å². The SMILES string of the molecule is CCOC(=O)c1[nH]c2cc(Cl)ccc2c1C(NC(=O)[C@H](C)c1ccc(Cl)cc1)C(=O)NC(C)(C)C. The van der Waals surface area contributed by atoms with Crippen molar-refractivity contribution in [1.82, 2.24) is 15.6 Å². The van der Waals surface area contributed by atoms with Crippen molar-refractivity contribution in [3.8, 4) is 0 Å². The molecular formula is C26H29Cl2N3O4. The lowest BCUT2D eigenvalue weighted by Crippen LogP contribution is -2.48. The highest BCUT2D eigenvalue weighted by atomic mass is 35.5. The number of carbonyl (C=O) groups excluding carboxylic acids is 3. The van der Waals surface area contributed by atoms with Gasteiger partial charge in [0.25, 0.3) is 0 Å². The normalized spacial score (nSPS) is 13.2. The van der Waals surface area contributed by atoms with Crippen molar-refractivity contribution in [3.05, 3.63) is 69.3 Å². The zero-order valence-corrected chi connectivity index (χ0v) is 21.8. The van der Waals surface area contributed by atoms with Crippen molar-refractivity contribution >= 4 is 51.9 Å². The summed E-state index contributed by atoms with van der Waals surface area (Å²) >= 11 is 12.1. The van der Waals surface area contributed by atoms with Gasteiger partial charge in [0, 0.05) is 32.1 Å². The third-order valence-corrected chi connectivity index (χ3v) is 5.87. The predicted octanol–water partition coefficient (Wildman–Crippen LogP) is 5.53. The molecule has 2 atom stereocenters. The lowest BCUT2D eigenvalue weighted by Gasteiger charge is -2.27. The zero-order valence-electron chi connectivity index (χ0n) is 20.3. The quantitative estimate of drug-likeness (QED) is 0.358. The Bertz CT molecular complexity index is 1250. The van der Waals surface area contributed by atoms with Crippen LogP contribution in [0.15, 0.2) is 42.5 Å². The van der Waals surface area contributed by atoms with Crippen molar-refractivity contribution < 1.29 is 19.1 Å². The number of halogens is 2. The van der Waals surface area contributed by atoms with Gasteiger partial charge in [0.05, 0.1) is 12.5 Å². The van der Waals surface area contributed by atoms with E-state index in [1.165, 1.54) is 0 Å². The minimum absolute atomic E-state index is 0.0811. The number of hydrogen-bond donors (Lipinski definition) is 3. The van der Waals surface area contributed by atoms with E-state index < -0.39 is 29.4 Å². The Morgan fingerprint density at radius 3 is 2.23 bits per heavy atom. The monoisotopic (exact) mass is 517 g/mol. The van der Waals surface area contributed by atoms with Crippen molar-refractivity contribution in [2.75, 3.05) is 6.61 Å². The van der Waals surface area contributed by atoms with E-state index in [4.69, 9.17) is 27.9 Å². The Morgan fingerprint density at radius 1 is 1.00 bits per heavy atom. The maximum absolute atomic E-state index is 13.5. The molecule has 0 fully saturated rings. The number of carbonyl (C=O) groups is 3. The van der Waals surface area contributed by atoms with Crippen molar-refractivity contribution in [2.24, 2.45) is 0 Å². The lowest BCUT2D eigenvalue weighted by atomic mass is 9.96. The second kappa shape index (κ2) is 10.7. The number of amides is 2. The summed E-state index contributed by atoms with van der Waals surface area (Å²) in [6.07, 6.45) is 0. The second-order valence-electron chi connectivity index (χ2n) is 9.28. The van der Waals surface area contributed by atoms with Gasteiger partial charge in [-0.25, -0.2) is 4.79 Å². The first-order valence-electron chi connectivity index (χ1n) is 11.3. The summed E-state index contributed by atoms with van der Waals surface area (Å²) in [4.78, 5) is 42.7. The fourth-order valence-electron chi connectivity index (χ4n) is 3.74. The third-order valence-electron chi connectivity index (χ3n) is 5.38. The van der Waals surface area contributed by atoms with Crippen LogP contribution in [0, 0.1) is 0 Å². The molecule has 186 valence electrons. The van der Waals surface area contributed by atoms with Crippen molar-refractivity contribution in [3.63, 3.8) is 0 Å². The van der Waals surface area contributed by atoms with Crippen LogP contribution >= 0.6 is 23.2 Å². The van der Waals surface area contributed by atoms with E-state index in [1.54, 1.807) is 56.3 Å². The number of nitrogens with one attached hydrogen (secondary N) is 3. The summed E-state index contributed by atoms with van der Waals surface area (Å²) in [6, 6.07) is 10.8. The van der Waals surface area contributed by atoms with Gasteiger partial charge in [-0.05, 0) is 64.4 Å². The molecular weight excluding hydrogens is 489 g/mol. The first-order valence-corrected chi connectivity index (χ1v) is 12.0. The highest BCUT2D eigenvalue weighted by Crippen LogP contribution is 2.32. The number of rotatable bonds is 7. The van der Waals surface area contributed by atoms with E-state index in [-0.39, 0.29) is 18.2 Å². The molecule has 3 aromatic rings. The summed E-state index contributed by atoms with van der Waals surface area (Å²) in [5, 5.41) is 7.35. The highest BCUT2D eigenvalue weighted by molar-refractivity contribution is 6.31. The molecule has 9 heteroatoms. The summed E-state index contributed by atoms with van der Waals surface area (Å²) in [5.41, 5.74) is 1.09. The minimum atomic E-state index is -1.18. The predicted molar refractivity (Wildman–Crippen MR) is 138 cm³/mol. The molecule has 0 saturated heterocycles. The zero-order chi connectivity index (χ0) is 25.9. The van der Waals surface area contributed by atoms with Gasteiger partial charge in [-0.15, -0.1) is 0 Å². The van der Waals surface area contributed by atoms with E-state index in [2.05, 4.69) is 15.6 Å². The molecule has 0 spiro atoms. The van der Waals surface area contributed by atoms with Crippen molar-refractivity contribution in [1.29, 1.82) is 0 Å². The molecule has 0 saturated carbocycles. The number of aromatic nitrogens is 1. The highest BCUT2D eigenvalue weighted by Gasteiger charge is 2.34. The summed E-state index contributed by atoms with van der Waals surface area (Å²) in [5.74, 6) is -2.07. The Kier molecular flexibility index (Phi) is 8.13. The summed E-state index contributed by atoms with van der Waals surface area (Å²) in [7, 11) is 0. The Labute approximate surface area is 214 Å². The number of hydrogen-bond acceptors (Lipinski definition) is 4. The van der Waals surface area contributed by atoms with Crippen LogP contribution in [0.1, 0.15) is 68.2 Å². The first kappa shape index (κ1) is 26.6. The van der Waals surface area contributed by atoms with Gasteiger partial charge in [-0.2, -0.15) is 0 Å². The Balaban J connectivity index is 2.11. The van der Waals surface area contributed by atoms with Crippen molar-refractivity contribution in [2.45, 2.75) is 52.1 Å². The topological polar surface area (TPSA) is 100 Å². The Hall–Kier alpha value is -3.03. The summed E-state index contributed by atoms with van der Waals surface area (Å²) < 4.78 is 5.23. The molecule has 0 radical (unpaired) electrons. The molecule has 1 heterocycles. The minimum Gasteiger partial charge on any atom is -0.461 e. The number of esters is 1. The van der Waals surface area contributed by atoms with Crippen LogP contribution in [0.3, 0.4) is 0 Å². The van der Waals surface area contributed by atoms with Gasteiger partial charge in [-0.3, -0.25) is 9.59 Å². The number of benzene rings is 2. The molecule has 2 amide bonds. The molecule has 3 rings (SSSR count). The second-order valence-corrected chi connectivity index (χ2v) is 10.2. The standard InChI is InChI=1S/C26H29Cl2N3O4/c1-6-35-25(34)22-20(18-12-11-17(28)13-19(18)29-22)21(24(33)31-26(3,4)5)30-23(32)14(2)15-7-9-16(27)10-8-15/h7-14,21,29H,6H2,1-5H3,(H,30,32)(H,31,33)/t14-,21?/m1/s1. The molecule has 7 nitrogen and oxygen atoms in total. The van der Waals surface area contributed by atoms with Crippen LogP contribution < -0.4 is 10.6 Å². The van der Waals surface area contributed by atoms with Crippen LogP contribution in [-0.2, 0) is 14.3 Å². The third kappa shape index (κ3) is 6.35. The smallest absolute Gasteiger partial charge is 0.355 e. The lowest BCUT2D eigenvalue weighted by molar-refractivity contribution is -0.130. The van der Waals surface area contributed by atoms with Gasteiger partial charge in [0.2, 0.25) is 11.8 Å². The molecule has 0 aliphatic rings. The van der Waals surface area contributed by atoms with E-state index in [0.29, 0.717) is 26.5 Å². The molecule has 35 heavy (non-hydrogen) atoms. The number of fused-ring (bicyclic) bond motifs is 1. The van der Waals surface area contributed by atoms with E-state index in [0.717, 1.165) is 5.56 Å². The molecule has 3 N–H and O–H groups in total. The Morgan fingerprint density at radius 2 is 1.63 bits per heavy atom. The van der Waals surface area contributed by atoms with E-state index >= 15 is 0 Å². The molecule has 0 bridgehead atoms. The van der Waals surface area contributed by atoms with Gasteiger partial charge < -0.3 is 20.4 Å². The largest absolute Gasteiger partial charge is 0.461 e. The number of H-pyrrole nitrogens is 1. The fourth-order valence-corrected chi connectivity index (χ4v) is 4.03. The molecule has 2 aromatic carbocycles. The van der Waals surface area contributed by atoms with E-state index in [9.17, 15) is 14.4 Å². The fraction of sp³-hybridized carbons (Fsp3) is 0.346. The average Bonchev–Trinajstić information content (AvgIpc) is 3.14. The van der Waals surface area contributed by atoms with Crippen LogP contribution in [-0.4, -0.2) is 34.9 Å². The van der Waals surface area contributed by atoms with Gasteiger partial charge >= 0.3 is 5.97 Å². The maximum atomic E-state index is 13.5. The van der Waals surface area contributed by atoms with E-state index in [1.807, 2.05) is 20.8 Å². The first-order chi connectivity index (χ1) is 16.4. The molecule has 1 unspecified atom stereocenters. The van der Waals surface area contributed by atoms with Gasteiger partial charge in [0.1, 0.15) is 11.7 Å². The molecule has 0 aliphatic carbocycles. The van der Waals surface area contributed by atoms with Crippen LogP contribution in [0.25, 0.3) is 10.9 Å². The summed E-state index contributed by atoms with van der Waals surface area (Å²) in [6.45, 7) is 9.08. The van der Waals surface area contributed by atoms with Gasteiger partial charge in [-0.1, -0.05) is 41.4 Å². The van der Waals surface area contributed by atoms with Crippen LogP contribution in [0.5, 0.6) is 0 Å². The maximum Gasteiger partial charge on any atom is 0.355 e. The number of ether oxygens (including phenoxy) is 1. The number of aromatic amines is 1.